The fraction of sp³-hybridized carbons (Fsp3) is 0.805. The van der Waals surface area contributed by atoms with Crippen LogP contribution >= 0.6 is 0 Å². The third-order valence-electron chi connectivity index (χ3n) is 20.9. The highest BCUT2D eigenvalue weighted by atomic mass is 16.8. The number of hydrogen-bond acceptors (Lipinski definition) is 41. The van der Waals surface area contributed by atoms with Gasteiger partial charge in [-0.15, -0.1) is 15.3 Å². The van der Waals surface area contributed by atoms with Crippen molar-refractivity contribution in [3.8, 4) is 0 Å². The highest BCUT2D eigenvalue weighted by Gasteiger charge is 2.63. The highest BCUT2D eigenvalue weighted by molar-refractivity contribution is 6.12. The Labute approximate surface area is 725 Å². The molecule has 6 fully saturated rings. The molecular weight excluding hydrogens is 1680 g/mol. The molecule has 710 valence electrons. The summed E-state index contributed by atoms with van der Waals surface area (Å²) in [7, 11) is 0. The smallest absolute Gasteiger partial charge is 0.342 e. The van der Waals surface area contributed by atoms with Gasteiger partial charge in [-0.2, -0.15) is 0 Å². The number of nitrogens with zero attached hydrogens (tertiary/aromatic N) is 9. The van der Waals surface area contributed by atoms with E-state index in [1.807, 2.05) is 0 Å². The van der Waals surface area contributed by atoms with E-state index in [9.17, 15) is 64.2 Å². The van der Waals surface area contributed by atoms with Crippen LogP contribution in [0.5, 0.6) is 0 Å². The summed E-state index contributed by atoms with van der Waals surface area (Å²) in [6.45, 7) is 10.7. The first kappa shape index (κ1) is 101. The summed E-state index contributed by atoms with van der Waals surface area (Å²) in [5, 5.41) is 103. The Bertz CT molecular complexity index is 3740. The van der Waals surface area contributed by atoms with Gasteiger partial charge in [0.1, 0.15) is 95.2 Å². The molecule has 0 spiro atoms. The summed E-state index contributed by atoms with van der Waals surface area (Å²) >= 11 is 0. The largest absolute Gasteiger partial charge is 0.388 e. The van der Waals surface area contributed by atoms with Crippen molar-refractivity contribution in [2.45, 2.75) is 202 Å². The molecule has 3 aromatic heterocycles. The van der Waals surface area contributed by atoms with Crippen LogP contribution in [-0.4, -0.2) is 411 Å². The van der Waals surface area contributed by atoms with Crippen molar-refractivity contribution in [3.63, 3.8) is 0 Å². The summed E-state index contributed by atoms with van der Waals surface area (Å²) < 4.78 is 131. The number of esters is 2. The molecule has 0 radical (unpaired) electrons. The van der Waals surface area contributed by atoms with Crippen LogP contribution in [0.1, 0.15) is 83.3 Å². The maximum Gasteiger partial charge on any atom is 0.342 e. The second-order valence-corrected chi connectivity index (χ2v) is 31.0. The Morgan fingerprint density at radius 1 is 0.444 bits per heavy atom. The number of aliphatic hydroxyl groups excluding tert-OH is 6. The zero-order valence-electron chi connectivity index (χ0n) is 71.4. The number of fused-ring (bicyclic) bond motifs is 6. The normalized spacial score (nSPS) is 26.6. The lowest BCUT2D eigenvalue weighted by Crippen LogP contribution is -2.66. The van der Waals surface area contributed by atoms with Gasteiger partial charge in [0.15, 0.2) is 18.9 Å². The predicted octanol–water partition coefficient (Wildman–Crippen LogP) is -6.66. The van der Waals surface area contributed by atoms with Gasteiger partial charge in [0.05, 0.1) is 243 Å². The van der Waals surface area contributed by atoms with E-state index in [0.29, 0.717) is 62.5 Å². The zero-order valence-corrected chi connectivity index (χ0v) is 71.4. The second kappa shape index (κ2) is 51.8. The molecule has 49 heteroatoms. The monoisotopic (exact) mass is 1800 g/mol. The van der Waals surface area contributed by atoms with Crippen LogP contribution < -0.4 is 26.6 Å². The van der Waals surface area contributed by atoms with E-state index in [4.69, 9.17) is 99.5 Å². The first-order valence-corrected chi connectivity index (χ1v) is 42.1. The molecule has 126 heavy (non-hydrogen) atoms. The molecule has 0 aliphatic carbocycles. The van der Waals surface area contributed by atoms with Crippen molar-refractivity contribution in [1.82, 2.24) is 71.6 Å². The molecule has 16 atom stereocenters. The van der Waals surface area contributed by atoms with Crippen molar-refractivity contribution >= 4 is 41.5 Å². The number of aliphatic hydroxyl groups is 6. The number of rotatable bonds is 66. The fourth-order valence-corrected chi connectivity index (χ4v) is 14.3. The lowest BCUT2D eigenvalue weighted by molar-refractivity contribution is -0.320. The van der Waals surface area contributed by atoms with Crippen molar-refractivity contribution in [3.05, 3.63) is 46.8 Å². The number of ether oxygens (including phenoxy) is 22. The molecule has 10 rings (SSSR count). The third-order valence-corrected chi connectivity index (χ3v) is 20.9. The summed E-state index contributed by atoms with van der Waals surface area (Å²) in [5.41, 5.74) is -2.19. The minimum atomic E-state index is -1.60. The van der Waals surface area contributed by atoms with Crippen LogP contribution in [0.15, 0.2) is 29.7 Å². The third kappa shape index (κ3) is 30.9. The van der Waals surface area contributed by atoms with Crippen LogP contribution in [0.4, 0.5) is 0 Å². The molecule has 49 nitrogen and oxygen atoms in total. The van der Waals surface area contributed by atoms with Gasteiger partial charge in [0.25, 0.3) is 0 Å². The quantitative estimate of drug-likeness (QED) is 0.0142. The van der Waals surface area contributed by atoms with Gasteiger partial charge in [-0.05, 0) is 26.2 Å². The highest BCUT2D eigenvalue weighted by Crippen LogP contribution is 2.40. The van der Waals surface area contributed by atoms with Crippen LogP contribution in [-0.2, 0) is 177 Å². The lowest BCUT2D eigenvalue weighted by Gasteiger charge is -2.42. The Morgan fingerprint density at radius 3 is 1.21 bits per heavy atom. The van der Waals surface area contributed by atoms with Crippen molar-refractivity contribution in [1.29, 1.82) is 0 Å². The van der Waals surface area contributed by atoms with E-state index in [2.05, 4.69) is 62.3 Å². The van der Waals surface area contributed by atoms with E-state index in [1.54, 1.807) is 32.6 Å². The number of nitrogens with one attached hydrogen (secondary N) is 5. The standard InChI is InChI=1S/C77H122N14O35/c1-50-57(70(104)123-69(50)103)9-10-58(95)78-11-7-5-6-8-59(96)82-74(44-118-41-56-38-91(88-85-56)14-17-107-20-23-110-28-29-113-34-35-122-77-49-121-73(126-77)62(81-53(4)94)65(99)68(77)102,42-116-39-54-36-89(86-83-54)12-15-105-18-21-108-24-26-111-30-32-114-45-75-47-119-71(124-75)60(79-51(2)92)63(97)66(75)100)43-117-40-55-37-90(87-84-55)13-16-106-19-22-109-25-27-112-31-33-115-46-76-48-120-72(125-76)61(80-52(3)93)64(98)67(76)101/h36-38,60-68,71-73,97-102H,5-35,39-49H2,1-4H3,(H,78,95)(H,79,92)(H,80,93)(H,81,94)(H,82,96)/t60-,61-,62-,63-,64-,65-,66-,67-,68-,71-,72+,73+,74?,75+,76+,77+/m1/s1. The first-order chi connectivity index (χ1) is 60.9. The van der Waals surface area contributed by atoms with Crippen molar-refractivity contribution in [2.24, 2.45) is 0 Å². The molecule has 3 aromatic rings. The Hall–Kier alpha value is -7.43. The number of unbranched alkanes of at least 4 members (excludes halogenated alkanes) is 2. The SMILES string of the molecule is CC(=O)N[C@H]1[C@@H]2OC[C@](COCCOCCOCCOCCn3cc(COCC(COCc4cn(CCOCCOCCOCCOC[C@@]56CO[C@@H](O5)[C@H](NC(C)=O)[C@@H](O)[C@H]6O)nn4)(COCc4cn(CCOCCOCCOCCO[C@@]56CO[C@@H](O5)[C@H](NC(C)=O)[C@@H](O)[C@H]6O)nn4)NC(=O)CCCCCNC(=O)CCC4=C(C)C(=O)OC4=O)nn3)(O2)[C@H](O)[C@@H]1O. The molecule has 0 aromatic carbocycles. The topological polar surface area (TPSA) is 596 Å². The molecule has 5 amide bonds. The molecule has 11 N–H and O–H groups in total. The number of amides is 5. The van der Waals surface area contributed by atoms with Gasteiger partial charge < -0.3 is 161 Å². The van der Waals surface area contributed by atoms with Crippen LogP contribution in [0.3, 0.4) is 0 Å². The van der Waals surface area contributed by atoms with E-state index in [0.717, 1.165) is 0 Å². The zero-order chi connectivity index (χ0) is 89.7. The number of cyclic esters (lactones) is 2. The van der Waals surface area contributed by atoms with Gasteiger partial charge in [-0.1, -0.05) is 22.1 Å². The van der Waals surface area contributed by atoms with Crippen molar-refractivity contribution < 1.29 is 168 Å². The number of hydrogen-bond donors (Lipinski definition) is 11. The van der Waals surface area contributed by atoms with E-state index < -0.39 is 126 Å². The molecule has 6 bridgehead atoms. The number of carbonyl (C=O) groups excluding carboxylic acids is 7. The summed E-state index contributed by atoms with van der Waals surface area (Å²) in [5.74, 6) is -4.96. The molecular formula is C77H122N14O35. The maximum atomic E-state index is 14.2. The maximum absolute atomic E-state index is 14.2. The van der Waals surface area contributed by atoms with Gasteiger partial charge in [0, 0.05) is 51.3 Å². The molecule has 6 saturated heterocycles. The first-order valence-electron chi connectivity index (χ1n) is 42.1. The van der Waals surface area contributed by atoms with Gasteiger partial charge in [-0.3, -0.25) is 24.0 Å². The van der Waals surface area contributed by atoms with E-state index in [-0.39, 0.29) is 254 Å². The summed E-state index contributed by atoms with van der Waals surface area (Å²) in [4.78, 5) is 85.6. The minimum Gasteiger partial charge on any atom is -0.388 e. The Morgan fingerprint density at radius 2 is 0.817 bits per heavy atom. The van der Waals surface area contributed by atoms with E-state index >= 15 is 0 Å². The Kier molecular flexibility index (Phi) is 41.4. The minimum absolute atomic E-state index is 0.0135. The Balaban J connectivity index is 0.657. The van der Waals surface area contributed by atoms with Gasteiger partial charge in [-0.25, -0.2) is 23.6 Å². The molecule has 1 unspecified atom stereocenters. The molecule has 7 aliphatic rings. The molecule has 0 saturated carbocycles. The average Bonchev–Trinajstić information content (AvgIpc) is 1.61. The summed E-state index contributed by atoms with van der Waals surface area (Å²) in [6, 6.07) is -2.80. The fourth-order valence-electron chi connectivity index (χ4n) is 14.3. The second-order valence-electron chi connectivity index (χ2n) is 31.0. The summed E-state index contributed by atoms with van der Waals surface area (Å²) in [6.07, 6.45) is -4.32. The lowest BCUT2D eigenvalue weighted by atomic mass is 9.88. The predicted molar refractivity (Wildman–Crippen MR) is 419 cm³/mol. The molecule has 10 heterocycles. The van der Waals surface area contributed by atoms with Gasteiger partial charge >= 0.3 is 11.9 Å². The van der Waals surface area contributed by atoms with Crippen LogP contribution in [0.25, 0.3) is 0 Å². The number of aromatic nitrogens is 9. The molecule has 7 aliphatic heterocycles. The number of carbonyl (C=O) groups is 7. The van der Waals surface area contributed by atoms with Crippen molar-refractivity contribution in [2.75, 3.05) is 198 Å². The van der Waals surface area contributed by atoms with Crippen LogP contribution in [0.2, 0.25) is 0 Å². The van der Waals surface area contributed by atoms with Gasteiger partial charge in [0.2, 0.25) is 35.3 Å². The van der Waals surface area contributed by atoms with Crippen LogP contribution in [0, 0.1) is 0 Å². The average molecular weight is 1800 g/mol. The van der Waals surface area contributed by atoms with E-state index in [1.165, 1.54) is 27.7 Å².